The molecule has 1 N–H and O–H groups in total. The van der Waals surface area contributed by atoms with Gasteiger partial charge < -0.3 is 10.1 Å². The van der Waals surface area contributed by atoms with Crippen LogP contribution >= 0.6 is 0 Å². The summed E-state index contributed by atoms with van der Waals surface area (Å²) in [4.78, 5) is 4.28. The second-order valence-electron chi connectivity index (χ2n) is 4.83. The molecule has 0 aliphatic heterocycles. The third-order valence-corrected chi connectivity index (χ3v) is 3.41. The van der Waals surface area contributed by atoms with Gasteiger partial charge in [0.1, 0.15) is 5.75 Å². The standard InChI is InChI=1S/C15H22N4O/c1-5-6-20-13-7-12(8-17-9-13)15(16-3)14-10-18-19(4)11(14)2/h7-10,15-16H,5-6H2,1-4H3. The normalized spacial score (nSPS) is 12.4. The maximum atomic E-state index is 5.65. The average Bonchev–Trinajstić information content (AvgIpc) is 2.79. The van der Waals surface area contributed by atoms with Crippen LogP contribution in [0.4, 0.5) is 0 Å². The minimum atomic E-state index is 0.0707. The fourth-order valence-electron chi connectivity index (χ4n) is 2.19. The third kappa shape index (κ3) is 2.99. The fourth-order valence-corrected chi connectivity index (χ4v) is 2.19. The van der Waals surface area contributed by atoms with Crippen LogP contribution in [0, 0.1) is 6.92 Å². The first kappa shape index (κ1) is 14.5. The maximum absolute atomic E-state index is 5.65. The van der Waals surface area contributed by atoms with Gasteiger partial charge >= 0.3 is 0 Å². The monoisotopic (exact) mass is 274 g/mol. The van der Waals surface area contributed by atoms with Gasteiger partial charge in [0.15, 0.2) is 0 Å². The Kier molecular flexibility index (Phi) is 4.74. The van der Waals surface area contributed by atoms with Crippen molar-refractivity contribution in [1.29, 1.82) is 0 Å². The molecule has 1 unspecified atom stereocenters. The SMILES string of the molecule is CCCOc1cncc(C(NC)c2cnn(C)c2C)c1. The van der Waals surface area contributed by atoms with Gasteiger partial charge in [0.05, 0.1) is 25.0 Å². The number of rotatable bonds is 6. The lowest BCUT2D eigenvalue weighted by atomic mass is 10.0. The Bertz CT molecular complexity index is 565. The summed E-state index contributed by atoms with van der Waals surface area (Å²) in [5, 5.41) is 7.63. The lowest BCUT2D eigenvalue weighted by Gasteiger charge is -2.17. The van der Waals surface area contributed by atoms with Gasteiger partial charge in [-0.05, 0) is 32.0 Å². The van der Waals surface area contributed by atoms with Crippen LogP contribution in [-0.4, -0.2) is 28.4 Å². The Balaban J connectivity index is 2.30. The highest BCUT2D eigenvalue weighted by Crippen LogP contribution is 2.26. The van der Waals surface area contributed by atoms with Crippen molar-refractivity contribution in [2.75, 3.05) is 13.7 Å². The van der Waals surface area contributed by atoms with Crippen LogP contribution in [0.3, 0.4) is 0 Å². The molecule has 5 heteroatoms. The highest BCUT2D eigenvalue weighted by Gasteiger charge is 2.18. The quantitative estimate of drug-likeness (QED) is 0.877. The molecular weight excluding hydrogens is 252 g/mol. The van der Waals surface area contributed by atoms with Gasteiger partial charge in [-0.1, -0.05) is 6.92 Å². The van der Waals surface area contributed by atoms with Crippen LogP contribution < -0.4 is 10.1 Å². The number of ether oxygens (including phenoxy) is 1. The van der Waals surface area contributed by atoms with E-state index >= 15 is 0 Å². The highest BCUT2D eigenvalue weighted by atomic mass is 16.5. The number of hydrogen-bond donors (Lipinski definition) is 1. The van der Waals surface area contributed by atoms with Gasteiger partial charge in [-0.25, -0.2) is 0 Å². The summed E-state index contributed by atoms with van der Waals surface area (Å²) in [7, 11) is 3.89. The van der Waals surface area contributed by atoms with Gasteiger partial charge in [0, 0.05) is 24.5 Å². The summed E-state index contributed by atoms with van der Waals surface area (Å²) in [5.74, 6) is 0.811. The van der Waals surface area contributed by atoms with E-state index in [0.29, 0.717) is 6.61 Å². The molecule has 2 rings (SSSR count). The Labute approximate surface area is 120 Å². The molecule has 2 aromatic rings. The summed E-state index contributed by atoms with van der Waals surface area (Å²) in [6.45, 7) is 4.87. The van der Waals surface area contributed by atoms with E-state index < -0.39 is 0 Å². The van der Waals surface area contributed by atoms with Gasteiger partial charge in [0.25, 0.3) is 0 Å². The number of nitrogens with zero attached hydrogens (tertiary/aromatic N) is 3. The Hall–Kier alpha value is -1.88. The second-order valence-corrected chi connectivity index (χ2v) is 4.83. The molecule has 0 saturated heterocycles. The molecule has 0 bridgehead atoms. The van der Waals surface area contributed by atoms with Crippen LogP contribution in [0.1, 0.15) is 36.2 Å². The van der Waals surface area contributed by atoms with E-state index in [9.17, 15) is 0 Å². The Morgan fingerprint density at radius 2 is 2.15 bits per heavy atom. The lowest BCUT2D eigenvalue weighted by Crippen LogP contribution is -2.18. The van der Waals surface area contributed by atoms with Gasteiger partial charge in [-0.2, -0.15) is 5.10 Å². The van der Waals surface area contributed by atoms with Crippen molar-refractivity contribution in [2.45, 2.75) is 26.3 Å². The van der Waals surface area contributed by atoms with Crippen molar-refractivity contribution < 1.29 is 4.74 Å². The van der Waals surface area contributed by atoms with Crippen LogP contribution in [-0.2, 0) is 7.05 Å². The van der Waals surface area contributed by atoms with Gasteiger partial charge in [-0.15, -0.1) is 0 Å². The Morgan fingerprint density at radius 3 is 2.75 bits per heavy atom. The zero-order valence-electron chi connectivity index (χ0n) is 12.6. The average molecular weight is 274 g/mol. The summed E-state index contributed by atoms with van der Waals surface area (Å²) in [6, 6.07) is 2.11. The van der Waals surface area contributed by atoms with E-state index in [1.165, 1.54) is 0 Å². The van der Waals surface area contributed by atoms with E-state index in [0.717, 1.165) is 29.0 Å². The molecule has 5 nitrogen and oxygen atoms in total. The minimum absolute atomic E-state index is 0.0707. The van der Waals surface area contributed by atoms with Crippen molar-refractivity contribution in [2.24, 2.45) is 7.05 Å². The molecule has 20 heavy (non-hydrogen) atoms. The van der Waals surface area contributed by atoms with Gasteiger partial charge in [-0.3, -0.25) is 9.67 Å². The molecule has 0 aromatic carbocycles. The fraction of sp³-hybridized carbons (Fsp3) is 0.467. The van der Waals surface area contributed by atoms with Crippen LogP contribution in [0.15, 0.2) is 24.7 Å². The number of hydrogen-bond acceptors (Lipinski definition) is 4. The number of aromatic nitrogens is 3. The predicted octanol–water partition coefficient (Wildman–Crippen LogP) is 2.22. The summed E-state index contributed by atoms with van der Waals surface area (Å²) < 4.78 is 7.53. The van der Waals surface area contributed by atoms with E-state index in [-0.39, 0.29) is 6.04 Å². The lowest BCUT2D eigenvalue weighted by molar-refractivity contribution is 0.315. The molecule has 0 aliphatic rings. The first-order valence-corrected chi connectivity index (χ1v) is 6.90. The van der Waals surface area contributed by atoms with Crippen molar-refractivity contribution in [1.82, 2.24) is 20.1 Å². The van der Waals surface area contributed by atoms with Crippen molar-refractivity contribution in [3.05, 3.63) is 41.5 Å². The third-order valence-electron chi connectivity index (χ3n) is 3.41. The van der Waals surface area contributed by atoms with Crippen LogP contribution in [0.2, 0.25) is 0 Å². The molecule has 0 amide bonds. The maximum Gasteiger partial charge on any atom is 0.137 e. The summed E-state index contributed by atoms with van der Waals surface area (Å²) in [5.41, 5.74) is 3.38. The smallest absolute Gasteiger partial charge is 0.137 e. The largest absolute Gasteiger partial charge is 0.492 e. The Morgan fingerprint density at radius 1 is 1.35 bits per heavy atom. The zero-order chi connectivity index (χ0) is 14.5. The van der Waals surface area contributed by atoms with Crippen molar-refractivity contribution in [3.8, 4) is 5.75 Å². The molecule has 108 valence electrons. The molecular formula is C15H22N4O. The molecule has 0 fully saturated rings. The summed E-state index contributed by atoms with van der Waals surface area (Å²) >= 11 is 0. The molecule has 0 spiro atoms. The molecule has 1 atom stereocenters. The number of pyridine rings is 1. The molecule has 0 saturated carbocycles. The van der Waals surface area contributed by atoms with E-state index in [1.807, 2.05) is 37.2 Å². The van der Waals surface area contributed by atoms with Crippen molar-refractivity contribution >= 4 is 0 Å². The molecule has 0 radical (unpaired) electrons. The van der Waals surface area contributed by atoms with Crippen LogP contribution in [0.25, 0.3) is 0 Å². The molecule has 0 aliphatic carbocycles. The van der Waals surface area contributed by atoms with Crippen molar-refractivity contribution in [3.63, 3.8) is 0 Å². The number of nitrogens with one attached hydrogen (secondary N) is 1. The first-order valence-electron chi connectivity index (χ1n) is 6.90. The van der Waals surface area contributed by atoms with Crippen LogP contribution in [0.5, 0.6) is 5.75 Å². The predicted molar refractivity (Wildman–Crippen MR) is 78.9 cm³/mol. The number of aryl methyl sites for hydroxylation is 1. The second kappa shape index (κ2) is 6.52. The molecule has 2 heterocycles. The van der Waals surface area contributed by atoms with E-state index in [2.05, 4.69) is 29.2 Å². The van der Waals surface area contributed by atoms with E-state index in [1.54, 1.807) is 6.20 Å². The minimum Gasteiger partial charge on any atom is -0.492 e. The van der Waals surface area contributed by atoms with Gasteiger partial charge in [0.2, 0.25) is 0 Å². The van der Waals surface area contributed by atoms with E-state index in [4.69, 9.17) is 4.74 Å². The summed E-state index contributed by atoms with van der Waals surface area (Å²) in [6.07, 6.45) is 6.51. The topological polar surface area (TPSA) is 52.0 Å². The highest BCUT2D eigenvalue weighted by molar-refractivity contribution is 5.35. The first-order chi connectivity index (χ1) is 9.67. The zero-order valence-corrected chi connectivity index (χ0v) is 12.6. The molecule has 2 aromatic heterocycles.